The molecular formula is C4H4N4O2S. The van der Waals surface area contributed by atoms with Gasteiger partial charge in [-0.1, -0.05) is 11.3 Å². The molecule has 58 valence electrons. The number of nitrogens with zero attached hydrogens (tertiary/aromatic N) is 3. The van der Waals surface area contributed by atoms with Gasteiger partial charge in [-0.25, -0.2) is 9.69 Å². The summed E-state index contributed by atoms with van der Waals surface area (Å²) in [6.07, 6.45) is -0.570. The second-order valence-electron chi connectivity index (χ2n) is 1.50. The summed E-state index contributed by atoms with van der Waals surface area (Å²) < 4.78 is 0. The number of nitrogens with one attached hydrogen (secondary N) is 1. The van der Waals surface area contributed by atoms with E-state index in [4.69, 9.17) is 10.5 Å². The van der Waals surface area contributed by atoms with Gasteiger partial charge in [-0.05, 0) is 0 Å². The van der Waals surface area contributed by atoms with Crippen LogP contribution in [0.1, 0.15) is 0 Å². The zero-order valence-electron chi connectivity index (χ0n) is 5.26. The van der Waals surface area contributed by atoms with Gasteiger partial charge in [0.05, 0.1) is 6.34 Å². The van der Waals surface area contributed by atoms with E-state index in [1.807, 2.05) is 0 Å². The Morgan fingerprint density at radius 2 is 2.64 bits per heavy atom. The molecule has 0 bridgehead atoms. The third kappa shape index (κ3) is 1.49. The molecule has 0 aliphatic heterocycles. The van der Waals surface area contributed by atoms with E-state index in [9.17, 15) is 4.79 Å². The van der Waals surface area contributed by atoms with Crippen LogP contribution in [0.2, 0.25) is 0 Å². The van der Waals surface area contributed by atoms with Crippen molar-refractivity contribution in [2.24, 2.45) is 0 Å². The fourth-order valence-electron chi connectivity index (χ4n) is 0.464. The van der Waals surface area contributed by atoms with Crippen molar-refractivity contribution in [3.63, 3.8) is 0 Å². The van der Waals surface area contributed by atoms with Crippen molar-refractivity contribution in [2.75, 3.05) is 4.90 Å². The largest absolute Gasteiger partial charge is 0.464 e. The van der Waals surface area contributed by atoms with Gasteiger partial charge in [-0.15, -0.1) is 10.2 Å². The highest BCUT2D eigenvalue weighted by atomic mass is 32.1. The molecule has 0 aliphatic carbocycles. The van der Waals surface area contributed by atoms with E-state index in [1.165, 1.54) is 5.51 Å². The smallest absolute Gasteiger partial charge is 0.419 e. The highest BCUT2D eigenvalue weighted by molar-refractivity contribution is 7.13. The van der Waals surface area contributed by atoms with Crippen LogP contribution in [0.5, 0.6) is 0 Å². The zero-order chi connectivity index (χ0) is 8.27. The molecule has 0 radical (unpaired) electrons. The lowest BCUT2D eigenvalue weighted by Gasteiger charge is -2.05. The molecule has 0 unspecified atom stereocenters. The van der Waals surface area contributed by atoms with Crippen LogP contribution in [0, 0.1) is 5.41 Å². The number of carbonyl (C=O) groups is 1. The molecule has 1 heterocycles. The van der Waals surface area contributed by atoms with Gasteiger partial charge in [0.1, 0.15) is 5.51 Å². The summed E-state index contributed by atoms with van der Waals surface area (Å²) in [7, 11) is 0. The van der Waals surface area contributed by atoms with Crippen LogP contribution in [0.3, 0.4) is 0 Å². The summed E-state index contributed by atoms with van der Waals surface area (Å²) in [6, 6.07) is 0. The Kier molecular flexibility index (Phi) is 2.12. The van der Waals surface area contributed by atoms with Crippen molar-refractivity contribution < 1.29 is 9.90 Å². The van der Waals surface area contributed by atoms with Gasteiger partial charge in [0.25, 0.3) is 0 Å². The van der Waals surface area contributed by atoms with Crippen LogP contribution >= 0.6 is 11.3 Å². The number of amides is 1. The molecule has 0 spiro atoms. The first-order valence-electron chi connectivity index (χ1n) is 2.54. The molecule has 1 rings (SSSR count). The van der Waals surface area contributed by atoms with Crippen LogP contribution in [-0.2, 0) is 0 Å². The SMILES string of the molecule is N=CN(C(=O)O)c1nncs1. The molecule has 0 saturated carbocycles. The third-order valence-corrected chi connectivity index (χ3v) is 1.58. The first-order valence-corrected chi connectivity index (χ1v) is 3.42. The number of aromatic nitrogens is 2. The second-order valence-corrected chi connectivity index (χ2v) is 2.31. The summed E-state index contributed by atoms with van der Waals surface area (Å²) in [6.45, 7) is 0. The van der Waals surface area contributed by atoms with E-state index < -0.39 is 6.09 Å². The van der Waals surface area contributed by atoms with Crippen LogP contribution in [0.15, 0.2) is 5.51 Å². The van der Waals surface area contributed by atoms with Crippen molar-refractivity contribution in [1.29, 1.82) is 5.41 Å². The average molecular weight is 172 g/mol. The minimum atomic E-state index is -1.24. The van der Waals surface area contributed by atoms with E-state index in [2.05, 4.69) is 10.2 Å². The Labute approximate surface area is 65.6 Å². The molecule has 1 amide bonds. The molecule has 0 aliphatic rings. The van der Waals surface area contributed by atoms with Gasteiger partial charge in [0.2, 0.25) is 5.13 Å². The number of carboxylic acid groups (broad SMARTS) is 1. The average Bonchev–Trinajstić information content (AvgIpc) is 2.40. The fourth-order valence-corrected chi connectivity index (χ4v) is 0.992. The van der Waals surface area contributed by atoms with Crippen molar-refractivity contribution in [1.82, 2.24) is 10.2 Å². The predicted molar refractivity (Wildman–Crippen MR) is 39.2 cm³/mol. The lowest BCUT2D eigenvalue weighted by atomic mass is 10.8. The monoisotopic (exact) mass is 172 g/mol. The molecule has 11 heavy (non-hydrogen) atoms. The summed E-state index contributed by atoms with van der Waals surface area (Å²) in [5, 5.41) is 22.3. The molecule has 0 aromatic carbocycles. The Bertz CT molecular complexity index is 259. The highest BCUT2D eigenvalue weighted by Crippen LogP contribution is 2.13. The van der Waals surface area contributed by atoms with Gasteiger partial charge < -0.3 is 5.11 Å². The minimum Gasteiger partial charge on any atom is -0.464 e. The maximum atomic E-state index is 10.3. The summed E-state index contributed by atoms with van der Waals surface area (Å²) in [5.41, 5.74) is 1.40. The van der Waals surface area contributed by atoms with Crippen molar-refractivity contribution in [3.8, 4) is 0 Å². The molecule has 1 aromatic heterocycles. The number of hydrogen-bond donors (Lipinski definition) is 2. The molecule has 0 saturated heterocycles. The number of hydrogen-bond acceptors (Lipinski definition) is 5. The van der Waals surface area contributed by atoms with E-state index in [0.717, 1.165) is 11.3 Å². The number of rotatable bonds is 2. The molecule has 0 fully saturated rings. The first kappa shape index (κ1) is 7.61. The highest BCUT2D eigenvalue weighted by Gasteiger charge is 2.13. The topological polar surface area (TPSA) is 90.2 Å². The van der Waals surface area contributed by atoms with Crippen LogP contribution in [0.4, 0.5) is 9.93 Å². The standard InChI is InChI=1S/C4H4N4O2S/c5-1-8(4(9)10)3-7-6-2-11-3/h1-2,5H,(H,9,10). The molecule has 6 nitrogen and oxygen atoms in total. The molecule has 7 heteroatoms. The number of anilines is 1. The Morgan fingerprint density at radius 1 is 1.91 bits per heavy atom. The van der Waals surface area contributed by atoms with E-state index >= 15 is 0 Å². The van der Waals surface area contributed by atoms with Crippen molar-refractivity contribution >= 4 is 28.9 Å². The van der Waals surface area contributed by atoms with E-state index in [1.54, 1.807) is 0 Å². The lowest BCUT2D eigenvalue weighted by Crippen LogP contribution is -2.26. The predicted octanol–water partition coefficient (Wildman–Crippen LogP) is 0.630. The summed E-state index contributed by atoms with van der Waals surface area (Å²) >= 11 is 1.06. The van der Waals surface area contributed by atoms with Gasteiger partial charge >= 0.3 is 6.09 Å². The fraction of sp³-hybridized carbons (Fsp3) is 0. The van der Waals surface area contributed by atoms with Gasteiger partial charge in [0, 0.05) is 0 Å². The Hall–Kier alpha value is -1.50. The summed E-state index contributed by atoms with van der Waals surface area (Å²) in [5.74, 6) is 0. The molecule has 1 aromatic rings. The lowest BCUT2D eigenvalue weighted by molar-refractivity contribution is 0.205. The third-order valence-electron chi connectivity index (χ3n) is 0.890. The zero-order valence-corrected chi connectivity index (χ0v) is 6.08. The first-order chi connectivity index (χ1) is 5.25. The van der Waals surface area contributed by atoms with Gasteiger partial charge in [-0.3, -0.25) is 5.41 Å². The summed E-state index contributed by atoms with van der Waals surface area (Å²) in [4.78, 5) is 11.0. The van der Waals surface area contributed by atoms with E-state index in [0.29, 0.717) is 11.2 Å². The quantitative estimate of drug-likeness (QED) is 0.505. The Morgan fingerprint density at radius 3 is 3.00 bits per heavy atom. The minimum absolute atomic E-state index is 0.174. The van der Waals surface area contributed by atoms with Crippen LogP contribution in [0.25, 0.3) is 0 Å². The van der Waals surface area contributed by atoms with Gasteiger partial charge in [-0.2, -0.15) is 0 Å². The maximum absolute atomic E-state index is 10.3. The van der Waals surface area contributed by atoms with Gasteiger partial charge in [0.15, 0.2) is 0 Å². The second kappa shape index (κ2) is 3.06. The maximum Gasteiger partial charge on any atom is 0.419 e. The van der Waals surface area contributed by atoms with Crippen LogP contribution in [-0.4, -0.2) is 27.7 Å². The normalized spacial score (nSPS) is 9.09. The molecular weight excluding hydrogens is 168 g/mol. The van der Waals surface area contributed by atoms with Crippen molar-refractivity contribution in [2.45, 2.75) is 0 Å². The molecule has 2 N–H and O–H groups in total. The van der Waals surface area contributed by atoms with E-state index in [-0.39, 0.29) is 5.13 Å². The van der Waals surface area contributed by atoms with Crippen LogP contribution < -0.4 is 4.90 Å². The van der Waals surface area contributed by atoms with Crippen molar-refractivity contribution in [3.05, 3.63) is 5.51 Å². The molecule has 0 atom stereocenters. The Balaban J connectivity index is 2.88.